The molecule has 1 aromatic rings. The Bertz CT molecular complexity index is 802. The molecule has 2 N–H and O–H groups in total. The van der Waals surface area contributed by atoms with E-state index >= 15 is 0 Å². The monoisotopic (exact) mass is 382 g/mol. The molecule has 0 aliphatic carbocycles. The Hall–Kier alpha value is -2.09. The lowest BCUT2D eigenvalue weighted by Crippen LogP contribution is -2.66. The molecular weight excluding hydrogens is 356 g/mol. The summed E-state index contributed by atoms with van der Waals surface area (Å²) in [6.07, 6.45) is 3.02. The third-order valence-corrected chi connectivity index (χ3v) is 6.77. The Morgan fingerprint density at radius 1 is 1.21 bits per heavy atom. The maximum absolute atomic E-state index is 13.0. The highest BCUT2D eigenvalue weighted by atomic mass is 16.2. The number of aldehydes is 1. The summed E-state index contributed by atoms with van der Waals surface area (Å²) < 4.78 is 0. The average Bonchev–Trinajstić information content (AvgIpc) is 3.05. The molecule has 0 saturated carbocycles. The van der Waals surface area contributed by atoms with Gasteiger partial charge in [-0.1, -0.05) is 12.1 Å². The van der Waals surface area contributed by atoms with Crippen LogP contribution in [0.15, 0.2) is 18.2 Å². The van der Waals surface area contributed by atoms with Crippen LogP contribution in [0.5, 0.6) is 0 Å². The fourth-order valence-electron chi connectivity index (χ4n) is 5.27. The minimum Gasteiger partial charge on any atom is -0.330 e. The van der Waals surface area contributed by atoms with E-state index < -0.39 is 11.8 Å². The quantitative estimate of drug-likeness (QED) is 0.554. The van der Waals surface area contributed by atoms with Crippen LogP contribution < -0.4 is 10.6 Å². The molecule has 0 radical (unpaired) electrons. The Labute approximate surface area is 164 Å². The van der Waals surface area contributed by atoms with Gasteiger partial charge in [0.15, 0.2) is 6.29 Å². The van der Waals surface area contributed by atoms with Crippen LogP contribution in [0.4, 0.5) is 0 Å². The number of rotatable bonds is 5. The summed E-state index contributed by atoms with van der Waals surface area (Å²) in [7, 11) is 0. The molecule has 0 aromatic heterocycles. The number of amides is 1. The number of nitrogens with one attached hydrogen (secondary N) is 2. The molecule has 7 nitrogen and oxygen atoms in total. The number of piperidine rings is 2. The van der Waals surface area contributed by atoms with Gasteiger partial charge in [-0.05, 0) is 36.5 Å². The molecule has 4 unspecified atom stereocenters. The SMILES string of the molecule is O=CC(=O)C1CCC(N2Cc3c(CN4CC5CC(C4)N5)cccc3C2=O)CN1. The smallest absolute Gasteiger partial charge is 0.254 e. The number of Topliss-reactive ketones (excluding diaryl/α,β-unsaturated/α-hetero) is 1. The van der Waals surface area contributed by atoms with E-state index in [1.807, 2.05) is 17.0 Å². The van der Waals surface area contributed by atoms with Crippen molar-refractivity contribution >= 4 is 18.0 Å². The van der Waals surface area contributed by atoms with Gasteiger partial charge in [-0.25, -0.2) is 0 Å². The second kappa shape index (κ2) is 7.06. The predicted octanol–water partition coefficient (Wildman–Crippen LogP) is 0.0771. The van der Waals surface area contributed by atoms with Crippen molar-refractivity contribution in [3.8, 4) is 0 Å². The molecule has 4 fully saturated rings. The van der Waals surface area contributed by atoms with Crippen molar-refractivity contribution in [3.05, 3.63) is 34.9 Å². The number of ketones is 1. The van der Waals surface area contributed by atoms with Crippen LogP contribution in [0, 0.1) is 0 Å². The molecule has 1 amide bonds. The van der Waals surface area contributed by atoms with Crippen LogP contribution in [0.3, 0.4) is 0 Å². The van der Waals surface area contributed by atoms with E-state index in [9.17, 15) is 14.4 Å². The molecule has 28 heavy (non-hydrogen) atoms. The van der Waals surface area contributed by atoms with Crippen molar-refractivity contribution in [2.24, 2.45) is 0 Å². The molecule has 5 aliphatic rings. The van der Waals surface area contributed by atoms with Crippen LogP contribution in [-0.2, 0) is 22.7 Å². The molecule has 2 bridgehead atoms. The molecule has 0 spiro atoms. The van der Waals surface area contributed by atoms with Gasteiger partial charge in [-0.15, -0.1) is 0 Å². The summed E-state index contributed by atoms with van der Waals surface area (Å²) in [5.74, 6) is -0.308. The normalized spacial score (nSPS) is 32.0. The van der Waals surface area contributed by atoms with Crippen molar-refractivity contribution < 1.29 is 14.4 Å². The topological polar surface area (TPSA) is 81.8 Å². The molecule has 148 valence electrons. The standard InChI is InChI=1S/C21H26N4O3/c26-12-20(27)19-5-4-16(7-22-19)25-11-18-13(2-1-3-17(18)21(25)28)8-24-9-14-6-15(10-24)23-14/h1-3,12,14-16,19,22-23H,4-11H2. The third kappa shape index (κ3) is 3.07. The van der Waals surface area contributed by atoms with Gasteiger partial charge in [0.1, 0.15) is 0 Å². The van der Waals surface area contributed by atoms with E-state index in [-0.39, 0.29) is 11.9 Å². The van der Waals surface area contributed by atoms with Gasteiger partial charge in [0, 0.05) is 56.4 Å². The van der Waals surface area contributed by atoms with Gasteiger partial charge >= 0.3 is 0 Å². The van der Waals surface area contributed by atoms with Crippen LogP contribution in [0.2, 0.25) is 0 Å². The van der Waals surface area contributed by atoms with Crippen molar-refractivity contribution in [3.63, 3.8) is 0 Å². The number of carbonyl (C=O) groups is 3. The number of piperazine rings is 1. The van der Waals surface area contributed by atoms with Crippen molar-refractivity contribution in [1.82, 2.24) is 20.4 Å². The van der Waals surface area contributed by atoms with Crippen LogP contribution >= 0.6 is 0 Å². The summed E-state index contributed by atoms with van der Waals surface area (Å²) in [6.45, 7) is 4.26. The van der Waals surface area contributed by atoms with E-state index in [2.05, 4.69) is 21.6 Å². The van der Waals surface area contributed by atoms with E-state index in [1.165, 1.54) is 12.0 Å². The molecular formula is C21H26N4O3. The predicted molar refractivity (Wildman–Crippen MR) is 103 cm³/mol. The van der Waals surface area contributed by atoms with Crippen molar-refractivity contribution in [2.45, 2.75) is 56.5 Å². The Balaban J connectivity index is 1.28. The second-order valence-electron chi connectivity index (χ2n) is 8.58. The first kappa shape index (κ1) is 18.0. The molecule has 4 atom stereocenters. The zero-order valence-electron chi connectivity index (χ0n) is 15.9. The van der Waals surface area contributed by atoms with Gasteiger partial charge in [0.2, 0.25) is 5.78 Å². The second-order valence-corrected chi connectivity index (χ2v) is 8.58. The summed E-state index contributed by atoms with van der Waals surface area (Å²) in [5.41, 5.74) is 3.24. The summed E-state index contributed by atoms with van der Waals surface area (Å²) >= 11 is 0. The van der Waals surface area contributed by atoms with E-state index in [0.29, 0.717) is 37.9 Å². The lowest BCUT2D eigenvalue weighted by Gasteiger charge is -2.48. The van der Waals surface area contributed by atoms with Gasteiger partial charge < -0.3 is 15.5 Å². The number of carbonyl (C=O) groups excluding carboxylic acids is 3. The minimum atomic E-state index is -0.400. The van der Waals surface area contributed by atoms with Crippen molar-refractivity contribution in [1.29, 1.82) is 0 Å². The summed E-state index contributed by atoms with van der Waals surface area (Å²) in [6, 6.07) is 7.01. The molecule has 5 aliphatic heterocycles. The highest BCUT2D eigenvalue weighted by molar-refractivity contribution is 6.27. The van der Waals surface area contributed by atoms with Crippen LogP contribution in [0.25, 0.3) is 0 Å². The molecule has 6 rings (SSSR count). The van der Waals surface area contributed by atoms with E-state index in [0.717, 1.165) is 37.2 Å². The number of benzene rings is 1. The maximum Gasteiger partial charge on any atom is 0.254 e. The summed E-state index contributed by atoms with van der Waals surface area (Å²) in [4.78, 5) is 39.7. The molecule has 1 aromatic carbocycles. The number of hydrogen-bond acceptors (Lipinski definition) is 6. The first-order valence-corrected chi connectivity index (χ1v) is 10.2. The minimum absolute atomic E-state index is 0.0651. The zero-order valence-corrected chi connectivity index (χ0v) is 15.9. The zero-order chi connectivity index (χ0) is 19.3. The molecule has 7 heteroatoms. The molecule has 5 heterocycles. The van der Waals surface area contributed by atoms with Crippen LogP contribution in [-0.4, -0.2) is 71.6 Å². The van der Waals surface area contributed by atoms with Crippen molar-refractivity contribution in [2.75, 3.05) is 19.6 Å². The fraction of sp³-hybridized carbons (Fsp3) is 0.571. The lowest BCUT2D eigenvalue weighted by atomic mass is 9.90. The van der Waals surface area contributed by atoms with Gasteiger partial charge in [0.25, 0.3) is 5.91 Å². The summed E-state index contributed by atoms with van der Waals surface area (Å²) in [5, 5.41) is 6.71. The first-order valence-electron chi connectivity index (χ1n) is 10.2. The van der Waals surface area contributed by atoms with Gasteiger partial charge in [0.05, 0.1) is 6.04 Å². The highest BCUT2D eigenvalue weighted by Crippen LogP contribution is 2.31. The van der Waals surface area contributed by atoms with E-state index in [1.54, 1.807) is 0 Å². The Morgan fingerprint density at radius 2 is 2.00 bits per heavy atom. The average molecular weight is 382 g/mol. The maximum atomic E-state index is 13.0. The number of nitrogens with zero attached hydrogens (tertiary/aromatic N) is 2. The highest BCUT2D eigenvalue weighted by Gasteiger charge is 2.39. The van der Waals surface area contributed by atoms with Crippen LogP contribution in [0.1, 0.15) is 40.7 Å². The van der Waals surface area contributed by atoms with E-state index in [4.69, 9.17) is 0 Å². The van der Waals surface area contributed by atoms with Gasteiger partial charge in [-0.3, -0.25) is 19.3 Å². The molecule has 4 saturated heterocycles. The largest absolute Gasteiger partial charge is 0.330 e. The van der Waals surface area contributed by atoms with Gasteiger partial charge in [-0.2, -0.15) is 0 Å². The Kier molecular flexibility index (Phi) is 4.53. The first-order chi connectivity index (χ1) is 13.6. The number of fused-ring (bicyclic) bond motifs is 3. The fourth-order valence-corrected chi connectivity index (χ4v) is 5.27. The third-order valence-electron chi connectivity index (χ3n) is 6.77. The number of hydrogen-bond donors (Lipinski definition) is 2. The Morgan fingerprint density at radius 3 is 2.68 bits per heavy atom. The lowest BCUT2D eigenvalue weighted by molar-refractivity contribution is -0.131.